The van der Waals surface area contributed by atoms with E-state index in [2.05, 4.69) is 0 Å². The molecule has 0 aliphatic carbocycles. The molecule has 1 aromatic rings. The van der Waals surface area contributed by atoms with Gasteiger partial charge >= 0.3 is 0 Å². The SMILES string of the molecule is CCn1cc([N+](=O)[O-])cc1C(=O)N1CCCC(C)(O)CC1. The number of nitrogens with zero attached hydrogens (tertiary/aromatic N) is 3. The lowest BCUT2D eigenvalue weighted by atomic mass is 9.98. The van der Waals surface area contributed by atoms with Crippen molar-refractivity contribution >= 4 is 11.6 Å². The molecular weight excluding hydrogens is 274 g/mol. The summed E-state index contributed by atoms with van der Waals surface area (Å²) in [6, 6.07) is 1.33. The average Bonchev–Trinajstić information content (AvgIpc) is 2.77. The van der Waals surface area contributed by atoms with E-state index in [1.165, 1.54) is 12.3 Å². The fraction of sp³-hybridized carbons (Fsp3) is 0.643. The van der Waals surface area contributed by atoms with Crippen LogP contribution in [0.25, 0.3) is 0 Å². The third kappa shape index (κ3) is 3.41. The van der Waals surface area contributed by atoms with Crippen molar-refractivity contribution in [3.05, 3.63) is 28.1 Å². The van der Waals surface area contributed by atoms with E-state index in [0.29, 0.717) is 38.2 Å². The molecule has 2 rings (SSSR count). The number of carbonyl (C=O) groups excluding carboxylic acids is 1. The largest absolute Gasteiger partial charge is 0.390 e. The van der Waals surface area contributed by atoms with E-state index in [1.807, 2.05) is 6.92 Å². The molecule has 0 aromatic carbocycles. The zero-order valence-corrected chi connectivity index (χ0v) is 12.4. The van der Waals surface area contributed by atoms with E-state index >= 15 is 0 Å². The van der Waals surface area contributed by atoms with Crippen LogP contribution in [-0.2, 0) is 6.54 Å². The van der Waals surface area contributed by atoms with Gasteiger partial charge in [-0.05, 0) is 33.1 Å². The fourth-order valence-corrected chi connectivity index (χ4v) is 2.66. The lowest BCUT2D eigenvalue weighted by molar-refractivity contribution is -0.384. The summed E-state index contributed by atoms with van der Waals surface area (Å²) >= 11 is 0. The molecule has 116 valence electrons. The molecule has 0 spiro atoms. The number of aliphatic hydroxyl groups is 1. The van der Waals surface area contributed by atoms with Gasteiger partial charge in [0.15, 0.2) is 0 Å². The van der Waals surface area contributed by atoms with Gasteiger partial charge in [0.2, 0.25) is 0 Å². The van der Waals surface area contributed by atoms with Gasteiger partial charge in [-0.2, -0.15) is 0 Å². The Labute approximate surface area is 123 Å². The summed E-state index contributed by atoms with van der Waals surface area (Å²) < 4.78 is 1.60. The smallest absolute Gasteiger partial charge is 0.287 e. The second-order valence-corrected chi connectivity index (χ2v) is 5.77. The lowest BCUT2D eigenvalue weighted by Crippen LogP contribution is -2.34. The minimum Gasteiger partial charge on any atom is -0.390 e. The third-order valence-corrected chi connectivity index (χ3v) is 4.00. The number of aryl methyl sites for hydroxylation is 1. The third-order valence-electron chi connectivity index (χ3n) is 4.00. The van der Waals surface area contributed by atoms with E-state index in [-0.39, 0.29) is 11.6 Å². The van der Waals surface area contributed by atoms with Crippen molar-refractivity contribution in [1.82, 2.24) is 9.47 Å². The maximum Gasteiger partial charge on any atom is 0.287 e. The number of likely N-dealkylation sites (tertiary alicyclic amines) is 1. The topological polar surface area (TPSA) is 88.6 Å². The van der Waals surface area contributed by atoms with E-state index < -0.39 is 10.5 Å². The van der Waals surface area contributed by atoms with Crippen molar-refractivity contribution in [1.29, 1.82) is 0 Å². The molecule has 0 saturated carbocycles. The Hall–Kier alpha value is -1.89. The summed E-state index contributed by atoms with van der Waals surface area (Å²) in [6.07, 6.45) is 3.30. The summed E-state index contributed by atoms with van der Waals surface area (Å²) in [4.78, 5) is 24.6. The summed E-state index contributed by atoms with van der Waals surface area (Å²) in [5.41, 5.74) is -0.471. The highest BCUT2D eigenvalue weighted by molar-refractivity contribution is 5.93. The van der Waals surface area contributed by atoms with Crippen LogP contribution in [0.3, 0.4) is 0 Å². The van der Waals surface area contributed by atoms with Crippen molar-refractivity contribution in [2.75, 3.05) is 13.1 Å². The maximum absolute atomic E-state index is 12.6. The van der Waals surface area contributed by atoms with Gasteiger partial charge in [0.05, 0.1) is 16.7 Å². The van der Waals surface area contributed by atoms with Crippen molar-refractivity contribution < 1.29 is 14.8 Å². The van der Waals surface area contributed by atoms with Crippen LogP contribution in [0.5, 0.6) is 0 Å². The van der Waals surface area contributed by atoms with Crippen LogP contribution in [0.2, 0.25) is 0 Å². The molecule has 7 heteroatoms. The van der Waals surface area contributed by atoms with Crippen molar-refractivity contribution in [2.45, 2.75) is 45.3 Å². The predicted molar refractivity (Wildman–Crippen MR) is 77.1 cm³/mol. The van der Waals surface area contributed by atoms with Gasteiger partial charge in [0.1, 0.15) is 5.69 Å². The molecule has 1 aromatic heterocycles. The Kier molecular flexibility index (Phi) is 4.32. The molecule has 0 radical (unpaired) electrons. The highest BCUT2D eigenvalue weighted by Crippen LogP contribution is 2.24. The quantitative estimate of drug-likeness (QED) is 0.680. The molecule has 0 bridgehead atoms. The average molecular weight is 295 g/mol. The first-order valence-electron chi connectivity index (χ1n) is 7.20. The van der Waals surface area contributed by atoms with Gasteiger partial charge in [0, 0.05) is 25.7 Å². The number of aromatic nitrogens is 1. The zero-order valence-electron chi connectivity index (χ0n) is 12.4. The molecule has 1 unspecified atom stereocenters. The van der Waals surface area contributed by atoms with Crippen LogP contribution in [0.15, 0.2) is 12.3 Å². The highest BCUT2D eigenvalue weighted by atomic mass is 16.6. The van der Waals surface area contributed by atoms with E-state index in [4.69, 9.17) is 0 Å². The number of amides is 1. The molecular formula is C14H21N3O4. The van der Waals surface area contributed by atoms with E-state index in [9.17, 15) is 20.0 Å². The summed E-state index contributed by atoms with van der Waals surface area (Å²) in [6.45, 7) is 5.15. The van der Waals surface area contributed by atoms with Crippen LogP contribution in [-0.4, -0.2) is 44.1 Å². The molecule has 1 fully saturated rings. The summed E-state index contributed by atoms with van der Waals surface area (Å²) in [5, 5.41) is 20.9. The van der Waals surface area contributed by atoms with Crippen LogP contribution in [0.4, 0.5) is 5.69 Å². The molecule has 1 N–H and O–H groups in total. The molecule has 1 aliphatic rings. The van der Waals surface area contributed by atoms with Crippen molar-refractivity contribution in [2.24, 2.45) is 0 Å². The Bertz CT molecular complexity index is 550. The van der Waals surface area contributed by atoms with Gasteiger partial charge in [-0.15, -0.1) is 0 Å². The Morgan fingerprint density at radius 1 is 1.48 bits per heavy atom. The second-order valence-electron chi connectivity index (χ2n) is 5.77. The second kappa shape index (κ2) is 5.85. The van der Waals surface area contributed by atoms with Crippen LogP contribution in [0.1, 0.15) is 43.6 Å². The molecule has 1 saturated heterocycles. The minimum atomic E-state index is -0.742. The van der Waals surface area contributed by atoms with Gasteiger partial charge in [-0.25, -0.2) is 0 Å². The maximum atomic E-state index is 12.6. The normalized spacial score (nSPS) is 22.9. The van der Waals surface area contributed by atoms with Gasteiger partial charge in [-0.3, -0.25) is 14.9 Å². The van der Waals surface area contributed by atoms with Crippen LogP contribution in [0, 0.1) is 10.1 Å². The first kappa shape index (κ1) is 15.5. The Morgan fingerprint density at radius 3 is 2.81 bits per heavy atom. The Morgan fingerprint density at radius 2 is 2.19 bits per heavy atom. The first-order valence-corrected chi connectivity index (χ1v) is 7.20. The van der Waals surface area contributed by atoms with Crippen LogP contribution >= 0.6 is 0 Å². The fourth-order valence-electron chi connectivity index (χ4n) is 2.66. The number of nitro groups is 1. The predicted octanol–water partition coefficient (Wildman–Crippen LogP) is 1.79. The highest BCUT2D eigenvalue weighted by Gasteiger charge is 2.29. The number of carbonyl (C=O) groups is 1. The van der Waals surface area contributed by atoms with E-state index in [0.717, 1.165) is 6.42 Å². The standard InChI is InChI=1S/C14H21N3O4/c1-3-15-10-11(17(20)21)9-12(15)13(18)16-7-4-5-14(2,19)6-8-16/h9-10,19H,3-8H2,1-2H3. The Balaban J connectivity index is 2.21. The molecule has 1 atom stereocenters. The first-order chi connectivity index (χ1) is 9.84. The lowest BCUT2D eigenvalue weighted by Gasteiger charge is -2.22. The van der Waals surface area contributed by atoms with Gasteiger partial charge < -0.3 is 14.6 Å². The monoisotopic (exact) mass is 295 g/mol. The molecule has 2 heterocycles. The van der Waals surface area contributed by atoms with Crippen molar-refractivity contribution in [3.63, 3.8) is 0 Å². The number of rotatable bonds is 3. The van der Waals surface area contributed by atoms with Crippen LogP contribution < -0.4 is 0 Å². The molecule has 7 nitrogen and oxygen atoms in total. The minimum absolute atomic E-state index is 0.0676. The summed E-state index contributed by atoms with van der Waals surface area (Å²) in [7, 11) is 0. The van der Waals surface area contributed by atoms with Gasteiger partial charge in [0.25, 0.3) is 11.6 Å². The van der Waals surface area contributed by atoms with Crippen molar-refractivity contribution in [3.8, 4) is 0 Å². The molecule has 1 aliphatic heterocycles. The van der Waals surface area contributed by atoms with Gasteiger partial charge in [-0.1, -0.05) is 0 Å². The summed E-state index contributed by atoms with van der Waals surface area (Å²) in [5.74, 6) is -0.206. The number of hydrogen-bond donors (Lipinski definition) is 1. The molecule has 21 heavy (non-hydrogen) atoms. The van der Waals surface area contributed by atoms with E-state index in [1.54, 1.807) is 16.4 Å². The molecule has 1 amide bonds. The number of hydrogen-bond acceptors (Lipinski definition) is 4. The zero-order chi connectivity index (χ0) is 15.6.